The van der Waals surface area contributed by atoms with E-state index in [-0.39, 0.29) is 30.3 Å². The fourth-order valence-electron chi connectivity index (χ4n) is 2.49. The van der Waals surface area contributed by atoms with Crippen LogP contribution in [0.2, 0.25) is 0 Å². The van der Waals surface area contributed by atoms with Crippen LogP contribution in [0.4, 0.5) is 5.69 Å². The Hall–Kier alpha value is -1.84. The largest absolute Gasteiger partial charge is 0.326 e. The minimum atomic E-state index is -0.313. The van der Waals surface area contributed by atoms with Crippen molar-refractivity contribution < 1.29 is 4.79 Å². The zero-order valence-electron chi connectivity index (χ0n) is 13.8. The first-order chi connectivity index (χ1) is 10.5. The number of rotatable bonds is 5. The molecule has 2 aromatic rings. The summed E-state index contributed by atoms with van der Waals surface area (Å²) in [4.78, 5) is 12.5. The van der Waals surface area contributed by atoms with E-state index in [1.807, 2.05) is 61.5 Å². The van der Waals surface area contributed by atoms with Gasteiger partial charge in [0, 0.05) is 11.7 Å². The molecule has 0 radical (unpaired) electrons. The van der Waals surface area contributed by atoms with Crippen molar-refractivity contribution in [1.29, 1.82) is 0 Å². The maximum Gasteiger partial charge on any atom is 0.229 e. The van der Waals surface area contributed by atoms with Gasteiger partial charge in [0.1, 0.15) is 0 Å². The highest BCUT2D eigenvalue weighted by Crippen LogP contribution is 2.26. The molecule has 23 heavy (non-hydrogen) atoms. The molecule has 0 fully saturated rings. The van der Waals surface area contributed by atoms with E-state index in [0.717, 1.165) is 16.8 Å². The van der Waals surface area contributed by atoms with Crippen LogP contribution in [-0.2, 0) is 4.79 Å². The molecule has 0 saturated carbocycles. The molecule has 2 atom stereocenters. The Labute approximate surface area is 144 Å². The SMILES string of the molecule is CC(C)c1ccccc1NC(=O)C(C)C(N)c1ccccc1.Cl. The van der Waals surface area contributed by atoms with Gasteiger partial charge in [0.2, 0.25) is 5.91 Å². The zero-order chi connectivity index (χ0) is 16.1. The fraction of sp³-hybridized carbons (Fsp3) is 0.316. The molecule has 124 valence electrons. The monoisotopic (exact) mass is 332 g/mol. The van der Waals surface area contributed by atoms with Gasteiger partial charge in [-0.3, -0.25) is 4.79 Å². The molecule has 1 amide bonds. The zero-order valence-corrected chi connectivity index (χ0v) is 14.6. The van der Waals surface area contributed by atoms with E-state index < -0.39 is 0 Å². The first-order valence-corrected chi connectivity index (χ1v) is 7.71. The van der Waals surface area contributed by atoms with Crippen molar-refractivity contribution in [2.24, 2.45) is 11.7 Å². The number of nitrogens with two attached hydrogens (primary N) is 1. The lowest BCUT2D eigenvalue weighted by Gasteiger charge is -2.21. The topological polar surface area (TPSA) is 55.1 Å². The smallest absolute Gasteiger partial charge is 0.229 e. The van der Waals surface area contributed by atoms with Crippen LogP contribution < -0.4 is 11.1 Å². The molecular formula is C19H25ClN2O. The van der Waals surface area contributed by atoms with Gasteiger partial charge in [0.25, 0.3) is 0 Å². The van der Waals surface area contributed by atoms with Gasteiger partial charge in [-0.05, 0) is 23.1 Å². The fourth-order valence-corrected chi connectivity index (χ4v) is 2.49. The number of nitrogens with one attached hydrogen (secondary N) is 1. The third-order valence-corrected chi connectivity index (χ3v) is 3.98. The third kappa shape index (κ3) is 4.81. The van der Waals surface area contributed by atoms with Gasteiger partial charge >= 0.3 is 0 Å². The summed E-state index contributed by atoms with van der Waals surface area (Å²) in [5.41, 5.74) is 9.21. The van der Waals surface area contributed by atoms with Crippen LogP contribution in [0.25, 0.3) is 0 Å². The van der Waals surface area contributed by atoms with Gasteiger partial charge < -0.3 is 11.1 Å². The Kier molecular flexibility index (Phi) is 7.27. The Morgan fingerprint density at radius 3 is 2.13 bits per heavy atom. The number of para-hydroxylation sites is 1. The van der Waals surface area contributed by atoms with Crippen molar-refractivity contribution >= 4 is 24.0 Å². The van der Waals surface area contributed by atoms with Crippen LogP contribution in [0.3, 0.4) is 0 Å². The van der Waals surface area contributed by atoms with E-state index in [4.69, 9.17) is 5.73 Å². The van der Waals surface area contributed by atoms with Gasteiger partial charge in [-0.25, -0.2) is 0 Å². The molecule has 3 nitrogen and oxygen atoms in total. The van der Waals surface area contributed by atoms with Crippen LogP contribution in [0.15, 0.2) is 54.6 Å². The highest BCUT2D eigenvalue weighted by molar-refractivity contribution is 5.93. The van der Waals surface area contributed by atoms with E-state index in [0.29, 0.717) is 5.92 Å². The summed E-state index contributed by atoms with van der Waals surface area (Å²) in [6.45, 7) is 6.10. The second-order valence-corrected chi connectivity index (χ2v) is 5.96. The predicted octanol–water partition coefficient (Wildman–Crippen LogP) is 4.51. The van der Waals surface area contributed by atoms with Crippen molar-refractivity contribution in [1.82, 2.24) is 0 Å². The summed E-state index contributed by atoms with van der Waals surface area (Å²) in [6, 6.07) is 17.3. The molecule has 0 aliphatic rings. The number of carbonyl (C=O) groups excluding carboxylic acids is 1. The Bertz CT molecular complexity index is 628. The van der Waals surface area contributed by atoms with Crippen LogP contribution >= 0.6 is 12.4 Å². The lowest BCUT2D eigenvalue weighted by atomic mass is 9.94. The average molecular weight is 333 g/mol. The number of amides is 1. The van der Waals surface area contributed by atoms with Gasteiger partial charge in [-0.1, -0.05) is 69.3 Å². The van der Waals surface area contributed by atoms with Gasteiger partial charge in [0.05, 0.1) is 5.92 Å². The summed E-state index contributed by atoms with van der Waals surface area (Å²) in [5.74, 6) is 0.00155. The molecule has 4 heteroatoms. The minimum Gasteiger partial charge on any atom is -0.326 e. The van der Waals surface area contributed by atoms with Crippen molar-refractivity contribution in [3.05, 3.63) is 65.7 Å². The lowest BCUT2D eigenvalue weighted by molar-refractivity contribution is -0.120. The second kappa shape index (κ2) is 8.70. The third-order valence-electron chi connectivity index (χ3n) is 3.98. The number of carbonyl (C=O) groups is 1. The molecule has 2 rings (SSSR count). The van der Waals surface area contributed by atoms with Crippen LogP contribution in [0.1, 0.15) is 43.9 Å². The number of benzene rings is 2. The second-order valence-electron chi connectivity index (χ2n) is 5.96. The van der Waals surface area contributed by atoms with Crippen molar-refractivity contribution in [2.45, 2.75) is 32.7 Å². The first kappa shape index (κ1) is 19.2. The van der Waals surface area contributed by atoms with Crippen LogP contribution in [0, 0.1) is 5.92 Å². The Morgan fingerprint density at radius 2 is 1.52 bits per heavy atom. The lowest BCUT2D eigenvalue weighted by Crippen LogP contribution is -2.30. The number of halogens is 1. The molecular weight excluding hydrogens is 308 g/mol. The molecule has 0 aromatic heterocycles. The molecule has 0 saturated heterocycles. The Morgan fingerprint density at radius 1 is 0.957 bits per heavy atom. The van der Waals surface area contributed by atoms with Crippen LogP contribution in [-0.4, -0.2) is 5.91 Å². The van der Waals surface area contributed by atoms with Crippen LogP contribution in [0.5, 0.6) is 0 Å². The van der Waals surface area contributed by atoms with E-state index in [2.05, 4.69) is 19.2 Å². The molecule has 0 heterocycles. The molecule has 2 aromatic carbocycles. The molecule has 0 aliphatic carbocycles. The van der Waals surface area contributed by atoms with Gasteiger partial charge in [-0.2, -0.15) is 0 Å². The maximum absolute atomic E-state index is 12.5. The first-order valence-electron chi connectivity index (χ1n) is 7.71. The van der Waals surface area contributed by atoms with Crippen molar-refractivity contribution in [3.63, 3.8) is 0 Å². The summed E-state index contributed by atoms with van der Waals surface area (Å²) in [5, 5.41) is 3.02. The summed E-state index contributed by atoms with van der Waals surface area (Å²) in [7, 11) is 0. The van der Waals surface area contributed by atoms with Gasteiger partial charge in [0.15, 0.2) is 0 Å². The number of hydrogen-bond acceptors (Lipinski definition) is 2. The summed E-state index contributed by atoms with van der Waals surface area (Å²) >= 11 is 0. The standard InChI is InChI=1S/C19H24N2O.ClH/c1-13(2)16-11-7-8-12-17(16)21-19(22)14(3)18(20)15-9-5-4-6-10-15;/h4-14,18H,20H2,1-3H3,(H,21,22);1H. The van der Waals surface area contributed by atoms with E-state index in [9.17, 15) is 4.79 Å². The average Bonchev–Trinajstić information content (AvgIpc) is 2.54. The van der Waals surface area contributed by atoms with Crippen molar-refractivity contribution in [3.8, 4) is 0 Å². The molecule has 0 spiro atoms. The molecule has 0 aliphatic heterocycles. The van der Waals surface area contributed by atoms with E-state index >= 15 is 0 Å². The summed E-state index contributed by atoms with van der Waals surface area (Å²) in [6.07, 6.45) is 0. The Balaban J connectivity index is 0.00000264. The number of anilines is 1. The minimum absolute atomic E-state index is 0. The van der Waals surface area contributed by atoms with Crippen molar-refractivity contribution in [2.75, 3.05) is 5.32 Å². The molecule has 3 N–H and O–H groups in total. The quantitative estimate of drug-likeness (QED) is 0.846. The highest BCUT2D eigenvalue weighted by Gasteiger charge is 2.22. The molecule has 2 unspecified atom stereocenters. The van der Waals surface area contributed by atoms with E-state index in [1.165, 1.54) is 0 Å². The highest BCUT2D eigenvalue weighted by atomic mass is 35.5. The normalized spacial score (nSPS) is 13.1. The van der Waals surface area contributed by atoms with Gasteiger partial charge in [-0.15, -0.1) is 12.4 Å². The maximum atomic E-state index is 12.5. The molecule has 0 bridgehead atoms. The van der Waals surface area contributed by atoms with E-state index in [1.54, 1.807) is 0 Å². The summed E-state index contributed by atoms with van der Waals surface area (Å²) < 4.78 is 0. The number of hydrogen-bond donors (Lipinski definition) is 2. The predicted molar refractivity (Wildman–Crippen MR) is 98.9 cm³/mol.